The molecule has 1 N–H and O–H groups in total. The van der Waals surface area contributed by atoms with Crippen molar-refractivity contribution < 1.29 is 19.2 Å². The summed E-state index contributed by atoms with van der Waals surface area (Å²) in [5, 5.41) is 2.46. The van der Waals surface area contributed by atoms with Crippen LogP contribution in [0.2, 0.25) is 0 Å². The number of aldehydes is 1. The summed E-state index contributed by atoms with van der Waals surface area (Å²) in [7, 11) is 1.43. The summed E-state index contributed by atoms with van der Waals surface area (Å²) in [6.45, 7) is 2.15. The number of hydrogen-bond acceptors (Lipinski definition) is 4. The molecule has 0 radical (unpaired) electrons. The number of rotatable bonds is 9. The van der Waals surface area contributed by atoms with Crippen molar-refractivity contribution in [1.82, 2.24) is 10.2 Å². The molecule has 0 fully saturated rings. The molecule has 0 saturated heterocycles. The van der Waals surface area contributed by atoms with Crippen LogP contribution in [-0.2, 0) is 9.59 Å². The fraction of sp³-hybridized carbons (Fsp3) is 0.455. The third kappa shape index (κ3) is 4.66. The predicted molar refractivity (Wildman–Crippen MR) is 106 cm³/mol. The number of fused-ring (bicyclic) bond motifs is 1. The summed E-state index contributed by atoms with van der Waals surface area (Å²) in [5.41, 5.74) is 0.997. The molecular weight excluding hydrogens is 356 g/mol. The van der Waals surface area contributed by atoms with Gasteiger partial charge in [0.25, 0.3) is 11.8 Å². The lowest BCUT2D eigenvalue weighted by Crippen LogP contribution is -2.48. The van der Waals surface area contributed by atoms with Crippen LogP contribution < -0.4 is 5.32 Å². The van der Waals surface area contributed by atoms with E-state index in [0.717, 1.165) is 30.6 Å². The predicted octanol–water partition coefficient (Wildman–Crippen LogP) is 2.70. The molecule has 1 aliphatic rings. The average molecular weight is 382 g/mol. The van der Waals surface area contributed by atoms with Crippen LogP contribution in [0.5, 0.6) is 0 Å². The van der Waals surface area contributed by atoms with Gasteiger partial charge in [-0.05, 0) is 25.0 Å². The van der Waals surface area contributed by atoms with Crippen LogP contribution >= 0.6 is 0 Å². The van der Waals surface area contributed by atoms with Crippen LogP contribution in [0, 0.1) is 11.8 Å². The maximum absolute atomic E-state index is 13.0. The Labute approximate surface area is 165 Å². The lowest BCUT2D eigenvalue weighted by Gasteiger charge is -2.24. The number of imide groups is 1. The molecule has 1 unspecified atom stereocenters. The summed E-state index contributed by atoms with van der Waals surface area (Å²) in [6.07, 6.45) is 6.02. The van der Waals surface area contributed by atoms with Crippen molar-refractivity contribution in [2.45, 2.75) is 57.9 Å². The molecule has 0 spiro atoms. The number of nitrogens with zero attached hydrogens (tertiary/aromatic N) is 1. The smallest absolute Gasteiger partial charge is 0.263 e. The average Bonchev–Trinajstić information content (AvgIpc) is 2.96. The van der Waals surface area contributed by atoms with E-state index >= 15 is 0 Å². The largest absolute Gasteiger partial charge is 0.357 e. The first-order chi connectivity index (χ1) is 13.6. The van der Waals surface area contributed by atoms with Crippen molar-refractivity contribution in [3.63, 3.8) is 0 Å². The Morgan fingerprint density at radius 3 is 2.68 bits per heavy atom. The van der Waals surface area contributed by atoms with Crippen LogP contribution in [0.4, 0.5) is 0 Å². The normalized spacial score (nSPS) is 13.6. The molecule has 1 heterocycles. The minimum absolute atomic E-state index is 0.0793. The summed E-state index contributed by atoms with van der Waals surface area (Å²) < 4.78 is 0. The number of nitrogens with one attached hydrogen (secondary N) is 1. The molecule has 6 nitrogen and oxygen atoms in total. The van der Waals surface area contributed by atoms with E-state index in [4.69, 9.17) is 0 Å². The van der Waals surface area contributed by atoms with Gasteiger partial charge in [-0.3, -0.25) is 19.3 Å². The van der Waals surface area contributed by atoms with Gasteiger partial charge >= 0.3 is 0 Å². The lowest BCUT2D eigenvalue weighted by molar-refractivity contribution is -0.124. The van der Waals surface area contributed by atoms with E-state index in [1.54, 1.807) is 18.2 Å². The SMILES string of the molecule is CCCCCCC#Cc1cccc2c1C(=O)N(C(CCC=O)C(=O)NC)C2=O. The lowest BCUT2D eigenvalue weighted by atomic mass is 10.0. The van der Waals surface area contributed by atoms with Gasteiger partial charge in [-0.1, -0.05) is 44.1 Å². The second-order valence-corrected chi connectivity index (χ2v) is 6.69. The van der Waals surface area contributed by atoms with Crippen LogP contribution in [0.1, 0.15) is 78.1 Å². The first-order valence-electron chi connectivity index (χ1n) is 9.71. The van der Waals surface area contributed by atoms with Crippen LogP contribution in [0.15, 0.2) is 18.2 Å². The van der Waals surface area contributed by atoms with E-state index in [1.165, 1.54) is 13.5 Å². The molecule has 0 saturated carbocycles. The fourth-order valence-electron chi connectivity index (χ4n) is 3.26. The van der Waals surface area contributed by atoms with Gasteiger partial charge in [0, 0.05) is 25.5 Å². The molecule has 0 aliphatic carbocycles. The van der Waals surface area contributed by atoms with Crippen molar-refractivity contribution in [2.24, 2.45) is 0 Å². The number of carbonyl (C=O) groups is 4. The van der Waals surface area contributed by atoms with Gasteiger partial charge in [-0.15, -0.1) is 0 Å². The molecule has 148 valence electrons. The van der Waals surface area contributed by atoms with Crippen molar-refractivity contribution in [3.05, 3.63) is 34.9 Å². The molecule has 0 bridgehead atoms. The van der Waals surface area contributed by atoms with Gasteiger partial charge in [0.15, 0.2) is 0 Å². The number of likely N-dealkylation sites (N-methyl/N-ethyl adjacent to an activating group) is 1. The second kappa shape index (κ2) is 10.4. The Bertz CT molecular complexity index is 820. The minimum Gasteiger partial charge on any atom is -0.357 e. The molecule has 1 aromatic carbocycles. The van der Waals surface area contributed by atoms with Crippen molar-refractivity contribution >= 4 is 24.0 Å². The van der Waals surface area contributed by atoms with Crippen molar-refractivity contribution in [2.75, 3.05) is 7.05 Å². The summed E-state index contributed by atoms with van der Waals surface area (Å²) >= 11 is 0. The van der Waals surface area contributed by atoms with Gasteiger partial charge in [-0.25, -0.2) is 0 Å². The van der Waals surface area contributed by atoms with E-state index in [2.05, 4.69) is 24.1 Å². The maximum atomic E-state index is 13.0. The van der Waals surface area contributed by atoms with Crippen LogP contribution in [-0.4, -0.2) is 42.0 Å². The second-order valence-electron chi connectivity index (χ2n) is 6.69. The number of benzene rings is 1. The topological polar surface area (TPSA) is 83.6 Å². The summed E-state index contributed by atoms with van der Waals surface area (Å²) in [5.74, 6) is 4.57. The molecule has 0 aromatic heterocycles. The number of unbranched alkanes of at least 4 members (excludes halogenated alkanes) is 4. The highest BCUT2D eigenvalue weighted by molar-refractivity contribution is 6.23. The highest BCUT2D eigenvalue weighted by Gasteiger charge is 2.43. The van der Waals surface area contributed by atoms with E-state index in [9.17, 15) is 19.2 Å². The van der Waals surface area contributed by atoms with Gasteiger partial charge < -0.3 is 10.1 Å². The zero-order chi connectivity index (χ0) is 20.5. The molecule has 28 heavy (non-hydrogen) atoms. The van der Waals surface area contributed by atoms with Gasteiger partial charge in [0.1, 0.15) is 12.3 Å². The standard InChI is InChI=1S/C22H26N2O4/c1-3-4-5-6-7-8-11-16-12-9-13-17-19(16)22(28)24(21(17)27)18(14-10-15-25)20(26)23-2/h9,12-13,15,18H,3-7,10,14H2,1-2H3,(H,23,26). The number of hydrogen-bond donors (Lipinski definition) is 1. The molecule has 1 aromatic rings. The molecule has 1 aliphatic heterocycles. The Morgan fingerprint density at radius 2 is 2.00 bits per heavy atom. The Hall–Kier alpha value is -2.94. The van der Waals surface area contributed by atoms with Gasteiger partial charge in [0.05, 0.1) is 11.1 Å². The van der Waals surface area contributed by atoms with Crippen molar-refractivity contribution in [1.29, 1.82) is 0 Å². The molecule has 6 heteroatoms. The van der Waals surface area contributed by atoms with Crippen molar-refractivity contribution in [3.8, 4) is 11.8 Å². The fourth-order valence-corrected chi connectivity index (χ4v) is 3.26. The van der Waals surface area contributed by atoms with E-state index in [-0.39, 0.29) is 24.0 Å². The Morgan fingerprint density at radius 1 is 1.21 bits per heavy atom. The number of amides is 3. The van der Waals surface area contributed by atoms with Crippen LogP contribution in [0.25, 0.3) is 0 Å². The Balaban J connectivity index is 2.28. The highest BCUT2D eigenvalue weighted by atomic mass is 16.2. The third-order valence-electron chi connectivity index (χ3n) is 4.74. The van der Waals surface area contributed by atoms with Gasteiger partial charge in [-0.2, -0.15) is 0 Å². The molecule has 3 amide bonds. The quantitative estimate of drug-likeness (QED) is 0.308. The first-order valence-corrected chi connectivity index (χ1v) is 9.71. The van der Waals surface area contributed by atoms with Crippen LogP contribution in [0.3, 0.4) is 0 Å². The van der Waals surface area contributed by atoms with E-state index < -0.39 is 23.8 Å². The summed E-state index contributed by atoms with van der Waals surface area (Å²) in [6, 6.07) is 3.96. The third-order valence-corrected chi connectivity index (χ3v) is 4.74. The summed E-state index contributed by atoms with van der Waals surface area (Å²) in [4.78, 5) is 49.7. The van der Waals surface area contributed by atoms with E-state index in [1.807, 2.05) is 0 Å². The monoisotopic (exact) mass is 382 g/mol. The zero-order valence-corrected chi connectivity index (χ0v) is 16.4. The Kier molecular flexibility index (Phi) is 7.94. The molecule has 1 atom stereocenters. The molecule has 2 rings (SSSR count). The maximum Gasteiger partial charge on any atom is 0.263 e. The minimum atomic E-state index is -1.02. The first kappa shape index (κ1) is 21.4. The van der Waals surface area contributed by atoms with E-state index in [0.29, 0.717) is 11.8 Å². The number of carbonyl (C=O) groups excluding carboxylic acids is 4. The zero-order valence-electron chi connectivity index (χ0n) is 16.4. The molecular formula is C22H26N2O4. The highest BCUT2D eigenvalue weighted by Crippen LogP contribution is 2.28. The van der Waals surface area contributed by atoms with Gasteiger partial charge in [0.2, 0.25) is 5.91 Å².